The van der Waals surface area contributed by atoms with Crippen LogP contribution in [0, 0.1) is 0 Å². The SMILES string of the molecule is O=S(=O)(Nc1cccc2c1CCCC2)c1cc2c(cc1Br)OCCO2. The van der Waals surface area contributed by atoms with E-state index in [0.29, 0.717) is 34.9 Å². The molecule has 0 spiro atoms. The maximum Gasteiger partial charge on any atom is 0.263 e. The first kappa shape index (κ1) is 16.7. The second kappa shape index (κ2) is 6.53. The number of ether oxygens (including phenoxy) is 2. The largest absolute Gasteiger partial charge is 0.486 e. The van der Waals surface area contributed by atoms with Gasteiger partial charge in [0.15, 0.2) is 11.5 Å². The first-order valence-corrected chi connectivity index (χ1v) is 10.5. The van der Waals surface area contributed by atoms with Gasteiger partial charge < -0.3 is 9.47 Å². The zero-order valence-electron chi connectivity index (χ0n) is 13.5. The van der Waals surface area contributed by atoms with Crippen LogP contribution < -0.4 is 14.2 Å². The molecular formula is C18H18BrNO4S. The molecule has 0 aromatic heterocycles. The van der Waals surface area contributed by atoms with Crippen molar-refractivity contribution in [3.8, 4) is 11.5 Å². The van der Waals surface area contributed by atoms with Gasteiger partial charge in [-0.3, -0.25) is 4.72 Å². The number of benzene rings is 2. The van der Waals surface area contributed by atoms with Gasteiger partial charge in [0.25, 0.3) is 10.0 Å². The molecule has 1 aliphatic heterocycles. The number of halogens is 1. The summed E-state index contributed by atoms with van der Waals surface area (Å²) in [5.74, 6) is 0.999. The van der Waals surface area contributed by atoms with E-state index in [1.54, 1.807) is 6.07 Å². The normalized spacial score (nSPS) is 16.2. The Kier molecular flexibility index (Phi) is 4.37. The van der Waals surface area contributed by atoms with Gasteiger partial charge in [-0.2, -0.15) is 0 Å². The van der Waals surface area contributed by atoms with Gasteiger partial charge >= 0.3 is 0 Å². The molecule has 132 valence electrons. The Labute approximate surface area is 155 Å². The summed E-state index contributed by atoms with van der Waals surface area (Å²) in [4.78, 5) is 0.144. The summed E-state index contributed by atoms with van der Waals surface area (Å²) in [5.41, 5.74) is 3.00. The van der Waals surface area contributed by atoms with Crippen molar-refractivity contribution in [1.29, 1.82) is 0 Å². The fraction of sp³-hybridized carbons (Fsp3) is 0.333. The molecule has 2 aromatic carbocycles. The average molecular weight is 424 g/mol. The highest BCUT2D eigenvalue weighted by Crippen LogP contribution is 2.38. The lowest BCUT2D eigenvalue weighted by Gasteiger charge is -2.22. The molecule has 1 N–H and O–H groups in total. The summed E-state index contributed by atoms with van der Waals surface area (Å²) < 4.78 is 40.1. The first-order valence-electron chi connectivity index (χ1n) is 8.27. The molecule has 0 atom stereocenters. The molecular weight excluding hydrogens is 406 g/mol. The number of nitrogens with one attached hydrogen (secondary N) is 1. The van der Waals surface area contributed by atoms with Crippen molar-refractivity contribution in [1.82, 2.24) is 0 Å². The number of aryl methyl sites for hydroxylation is 1. The standard InChI is InChI=1S/C18H18BrNO4S/c19-14-10-16-17(24-9-8-23-16)11-18(14)25(21,22)20-15-7-3-5-12-4-1-2-6-13(12)15/h3,5,7,10-11,20H,1-2,4,6,8-9H2. The molecule has 2 aromatic rings. The summed E-state index contributed by atoms with van der Waals surface area (Å²) in [6.07, 6.45) is 4.13. The summed E-state index contributed by atoms with van der Waals surface area (Å²) in [6.45, 7) is 0.869. The van der Waals surface area contributed by atoms with Gasteiger partial charge in [0.05, 0.1) is 5.69 Å². The molecule has 0 amide bonds. The summed E-state index contributed by atoms with van der Waals surface area (Å²) >= 11 is 3.34. The van der Waals surface area contributed by atoms with Crippen LogP contribution >= 0.6 is 15.9 Å². The quantitative estimate of drug-likeness (QED) is 0.812. The Morgan fingerprint density at radius 3 is 2.52 bits per heavy atom. The van der Waals surface area contributed by atoms with Crippen molar-refractivity contribution in [2.45, 2.75) is 30.6 Å². The smallest absolute Gasteiger partial charge is 0.263 e. The Balaban J connectivity index is 1.71. The van der Waals surface area contributed by atoms with E-state index in [1.165, 1.54) is 11.6 Å². The van der Waals surface area contributed by atoms with Gasteiger partial charge in [-0.1, -0.05) is 12.1 Å². The van der Waals surface area contributed by atoms with Gasteiger partial charge in [-0.15, -0.1) is 0 Å². The summed E-state index contributed by atoms with van der Waals surface area (Å²) in [5, 5.41) is 0. The van der Waals surface area contributed by atoms with E-state index >= 15 is 0 Å². The van der Waals surface area contributed by atoms with Crippen LogP contribution in [0.5, 0.6) is 11.5 Å². The highest BCUT2D eigenvalue weighted by Gasteiger charge is 2.24. The minimum absolute atomic E-state index is 0.144. The molecule has 5 nitrogen and oxygen atoms in total. The third-order valence-corrected chi connectivity index (χ3v) is 6.85. The topological polar surface area (TPSA) is 64.6 Å². The van der Waals surface area contributed by atoms with E-state index in [2.05, 4.69) is 26.7 Å². The van der Waals surface area contributed by atoms with Crippen LogP contribution in [0.25, 0.3) is 0 Å². The molecule has 0 saturated heterocycles. The monoisotopic (exact) mass is 423 g/mol. The van der Waals surface area contributed by atoms with Crippen molar-refractivity contribution < 1.29 is 17.9 Å². The molecule has 0 saturated carbocycles. The van der Waals surface area contributed by atoms with Crippen LogP contribution in [0.1, 0.15) is 24.0 Å². The van der Waals surface area contributed by atoms with Crippen LogP contribution in [-0.4, -0.2) is 21.6 Å². The maximum atomic E-state index is 13.0. The highest BCUT2D eigenvalue weighted by molar-refractivity contribution is 9.10. The Bertz CT molecular complexity index is 927. The Morgan fingerprint density at radius 1 is 1.00 bits per heavy atom. The van der Waals surface area contributed by atoms with Crippen molar-refractivity contribution in [3.63, 3.8) is 0 Å². The average Bonchev–Trinajstić information content (AvgIpc) is 2.61. The van der Waals surface area contributed by atoms with Gasteiger partial charge in [0.1, 0.15) is 18.1 Å². The van der Waals surface area contributed by atoms with Crippen molar-refractivity contribution in [2.75, 3.05) is 17.9 Å². The van der Waals surface area contributed by atoms with Crippen LogP contribution in [0.3, 0.4) is 0 Å². The number of sulfonamides is 1. The molecule has 2 aliphatic rings. The summed E-state index contributed by atoms with van der Waals surface area (Å²) in [6, 6.07) is 8.96. The van der Waals surface area contributed by atoms with Gasteiger partial charge in [-0.25, -0.2) is 8.42 Å². The van der Waals surface area contributed by atoms with Crippen molar-refractivity contribution >= 4 is 31.6 Å². The molecule has 0 unspecified atom stereocenters. The third kappa shape index (κ3) is 3.22. The first-order chi connectivity index (χ1) is 12.0. The zero-order chi connectivity index (χ0) is 17.4. The van der Waals surface area contributed by atoms with E-state index < -0.39 is 10.0 Å². The highest BCUT2D eigenvalue weighted by atomic mass is 79.9. The zero-order valence-corrected chi connectivity index (χ0v) is 16.0. The fourth-order valence-electron chi connectivity index (χ4n) is 3.33. The number of fused-ring (bicyclic) bond motifs is 2. The molecule has 0 bridgehead atoms. The number of rotatable bonds is 3. The van der Waals surface area contributed by atoms with Crippen LogP contribution in [0.15, 0.2) is 39.7 Å². The van der Waals surface area contributed by atoms with E-state index in [9.17, 15) is 8.42 Å². The molecule has 4 rings (SSSR count). The van der Waals surface area contributed by atoms with E-state index in [-0.39, 0.29) is 4.90 Å². The van der Waals surface area contributed by atoms with Gasteiger partial charge in [0, 0.05) is 10.5 Å². The lowest BCUT2D eigenvalue weighted by molar-refractivity contribution is 0.171. The van der Waals surface area contributed by atoms with E-state index in [4.69, 9.17) is 9.47 Å². The molecule has 0 fully saturated rings. The summed E-state index contributed by atoms with van der Waals surface area (Å²) in [7, 11) is -3.74. The fourth-order valence-corrected chi connectivity index (χ4v) is 5.46. The maximum absolute atomic E-state index is 13.0. The number of hydrogen-bond donors (Lipinski definition) is 1. The molecule has 1 aliphatic carbocycles. The van der Waals surface area contributed by atoms with Crippen molar-refractivity contribution in [3.05, 3.63) is 45.9 Å². The lowest BCUT2D eigenvalue weighted by atomic mass is 9.91. The van der Waals surface area contributed by atoms with E-state index in [1.807, 2.05) is 12.1 Å². The van der Waals surface area contributed by atoms with Crippen LogP contribution in [0.4, 0.5) is 5.69 Å². The van der Waals surface area contributed by atoms with E-state index in [0.717, 1.165) is 31.2 Å². The lowest BCUT2D eigenvalue weighted by Crippen LogP contribution is -2.19. The van der Waals surface area contributed by atoms with Crippen molar-refractivity contribution in [2.24, 2.45) is 0 Å². The Morgan fingerprint density at radius 2 is 1.72 bits per heavy atom. The minimum Gasteiger partial charge on any atom is -0.486 e. The third-order valence-electron chi connectivity index (χ3n) is 4.53. The number of anilines is 1. The molecule has 0 radical (unpaired) electrons. The predicted octanol–water partition coefficient (Wildman–Crippen LogP) is 3.90. The minimum atomic E-state index is -3.74. The molecule has 25 heavy (non-hydrogen) atoms. The Hall–Kier alpha value is -1.73. The molecule has 7 heteroatoms. The van der Waals surface area contributed by atoms with Gasteiger partial charge in [0.2, 0.25) is 0 Å². The predicted molar refractivity (Wildman–Crippen MR) is 99.0 cm³/mol. The van der Waals surface area contributed by atoms with Gasteiger partial charge in [-0.05, 0) is 64.9 Å². The second-order valence-electron chi connectivity index (χ2n) is 6.18. The van der Waals surface area contributed by atoms with Crippen LogP contribution in [0.2, 0.25) is 0 Å². The molecule has 1 heterocycles. The second-order valence-corrected chi connectivity index (χ2v) is 8.69. The number of hydrogen-bond acceptors (Lipinski definition) is 4. The van der Waals surface area contributed by atoms with Crippen LogP contribution in [-0.2, 0) is 22.9 Å².